The highest BCUT2D eigenvalue weighted by Gasteiger charge is 2.30. The van der Waals surface area contributed by atoms with Gasteiger partial charge in [-0.25, -0.2) is 9.97 Å². The number of hydrogen-bond acceptors (Lipinski definition) is 5. The summed E-state index contributed by atoms with van der Waals surface area (Å²) in [4.78, 5) is 21.6. The van der Waals surface area contributed by atoms with Crippen LogP contribution in [0.4, 0.5) is 19.0 Å². The largest absolute Gasteiger partial charge is 0.416 e. The summed E-state index contributed by atoms with van der Waals surface area (Å²) in [5.74, 6) is 0.763. The smallest absolute Gasteiger partial charge is 0.365 e. The summed E-state index contributed by atoms with van der Waals surface area (Å²) in [7, 11) is 1.88. The molecule has 7 nitrogen and oxygen atoms in total. The van der Waals surface area contributed by atoms with Gasteiger partial charge in [-0.15, -0.1) is 0 Å². The van der Waals surface area contributed by atoms with E-state index >= 15 is 0 Å². The first-order valence-corrected chi connectivity index (χ1v) is 11.5. The van der Waals surface area contributed by atoms with Gasteiger partial charge in [0.25, 0.3) is 0 Å². The standard InChI is InChI=1S/C26H27F3N6O/c1-16-20(17(2)35(3)34-16)11-12-24(36)30-15-23-32-22-10-5-4-9-21(22)25(33-23)31-14-18-7-6-8-19(13-18)26(27,28)29/h4-10,13H,11-12,14-15H2,1-3H3,(H,30,36)(H,31,32,33). The van der Waals surface area contributed by atoms with Crippen molar-refractivity contribution in [2.24, 2.45) is 7.05 Å². The Morgan fingerprint density at radius 1 is 1.03 bits per heavy atom. The number of fused-ring (bicyclic) bond motifs is 1. The molecule has 0 radical (unpaired) electrons. The fourth-order valence-corrected chi connectivity index (χ4v) is 4.07. The van der Waals surface area contributed by atoms with Crippen LogP contribution in [0.5, 0.6) is 0 Å². The molecule has 0 bridgehead atoms. The molecule has 0 aliphatic carbocycles. The quantitative estimate of drug-likeness (QED) is 0.364. The van der Waals surface area contributed by atoms with Crippen molar-refractivity contribution >= 4 is 22.6 Å². The molecule has 0 spiro atoms. The summed E-state index contributed by atoms with van der Waals surface area (Å²) in [5, 5.41) is 11.1. The second kappa shape index (κ2) is 10.3. The lowest BCUT2D eigenvalue weighted by Crippen LogP contribution is -2.24. The van der Waals surface area contributed by atoms with Crippen molar-refractivity contribution < 1.29 is 18.0 Å². The van der Waals surface area contributed by atoms with E-state index < -0.39 is 11.7 Å². The van der Waals surface area contributed by atoms with E-state index in [1.165, 1.54) is 6.07 Å². The molecule has 4 rings (SSSR count). The van der Waals surface area contributed by atoms with Gasteiger partial charge in [0.05, 0.1) is 23.3 Å². The zero-order chi connectivity index (χ0) is 25.9. The minimum atomic E-state index is -4.41. The zero-order valence-corrected chi connectivity index (χ0v) is 20.3. The first kappa shape index (κ1) is 25.2. The minimum Gasteiger partial charge on any atom is -0.365 e. The number of aryl methyl sites for hydroxylation is 2. The summed E-state index contributed by atoms with van der Waals surface area (Å²) >= 11 is 0. The van der Waals surface area contributed by atoms with Gasteiger partial charge in [-0.2, -0.15) is 18.3 Å². The van der Waals surface area contributed by atoms with Gasteiger partial charge in [-0.3, -0.25) is 9.48 Å². The van der Waals surface area contributed by atoms with Gasteiger partial charge in [0.15, 0.2) is 5.82 Å². The Hall–Kier alpha value is -3.95. The number of alkyl halides is 3. The second-order valence-corrected chi connectivity index (χ2v) is 8.61. The SMILES string of the molecule is Cc1nn(C)c(C)c1CCC(=O)NCc1nc(NCc2cccc(C(F)(F)F)c2)c2ccccc2n1. The number of nitrogens with zero attached hydrogens (tertiary/aromatic N) is 4. The van der Waals surface area contributed by atoms with Crippen molar-refractivity contribution in [1.82, 2.24) is 25.1 Å². The third kappa shape index (κ3) is 5.81. The topological polar surface area (TPSA) is 84.7 Å². The zero-order valence-electron chi connectivity index (χ0n) is 20.3. The predicted molar refractivity (Wildman–Crippen MR) is 131 cm³/mol. The average Bonchev–Trinajstić information content (AvgIpc) is 3.09. The van der Waals surface area contributed by atoms with E-state index in [-0.39, 0.29) is 19.0 Å². The highest BCUT2D eigenvalue weighted by Crippen LogP contribution is 2.30. The van der Waals surface area contributed by atoms with E-state index in [0.29, 0.717) is 35.6 Å². The van der Waals surface area contributed by atoms with Crippen LogP contribution in [0.15, 0.2) is 48.5 Å². The molecular weight excluding hydrogens is 469 g/mol. The second-order valence-electron chi connectivity index (χ2n) is 8.61. The Morgan fingerprint density at radius 2 is 1.81 bits per heavy atom. The summed E-state index contributed by atoms with van der Waals surface area (Å²) in [6, 6.07) is 12.5. The number of benzene rings is 2. The molecule has 0 saturated carbocycles. The third-order valence-electron chi connectivity index (χ3n) is 6.07. The van der Waals surface area contributed by atoms with Crippen molar-refractivity contribution in [1.29, 1.82) is 0 Å². The molecule has 0 aliphatic heterocycles. The first-order chi connectivity index (χ1) is 17.1. The Bertz CT molecular complexity index is 1400. The average molecular weight is 497 g/mol. The maximum atomic E-state index is 13.1. The van der Waals surface area contributed by atoms with Crippen molar-refractivity contribution in [2.45, 2.75) is 46.0 Å². The van der Waals surface area contributed by atoms with Gasteiger partial charge < -0.3 is 10.6 Å². The van der Waals surface area contributed by atoms with Crippen LogP contribution in [0.3, 0.4) is 0 Å². The van der Waals surface area contributed by atoms with Gasteiger partial charge >= 0.3 is 6.18 Å². The monoisotopic (exact) mass is 496 g/mol. The van der Waals surface area contributed by atoms with Crippen LogP contribution in [0.1, 0.15) is 40.3 Å². The Morgan fingerprint density at radius 3 is 2.53 bits per heavy atom. The van der Waals surface area contributed by atoms with Gasteiger partial charge in [-0.1, -0.05) is 24.3 Å². The molecule has 2 aromatic carbocycles. The van der Waals surface area contributed by atoms with E-state index in [1.54, 1.807) is 10.7 Å². The molecule has 2 heterocycles. The van der Waals surface area contributed by atoms with Crippen LogP contribution in [0.2, 0.25) is 0 Å². The molecule has 2 N–H and O–H groups in total. The summed E-state index contributed by atoms with van der Waals surface area (Å²) in [5.41, 5.74) is 3.46. The summed E-state index contributed by atoms with van der Waals surface area (Å²) < 4.78 is 41.0. The maximum absolute atomic E-state index is 13.1. The number of rotatable bonds is 8. The van der Waals surface area contributed by atoms with E-state index in [0.717, 1.165) is 34.5 Å². The maximum Gasteiger partial charge on any atom is 0.416 e. The molecule has 0 unspecified atom stereocenters. The van der Waals surface area contributed by atoms with E-state index in [2.05, 4.69) is 25.7 Å². The number of hydrogen-bond donors (Lipinski definition) is 2. The van der Waals surface area contributed by atoms with Crippen molar-refractivity contribution in [3.63, 3.8) is 0 Å². The number of anilines is 1. The van der Waals surface area contributed by atoms with Gasteiger partial charge in [0, 0.05) is 31.1 Å². The molecule has 0 atom stereocenters. The highest BCUT2D eigenvalue weighted by molar-refractivity contribution is 5.89. The Labute approximate surface area is 206 Å². The molecule has 0 fully saturated rings. The van der Waals surface area contributed by atoms with Gasteiger partial charge in [0.1, 0.15) is 5.82 Å². The van der Waals surface area contributed by atoms with Crippen LogP contribution in [0.25, 0.3) is 10.9 Å². The third-order valence-corrected chi connectivity index (χ3v) is 6.07. The molecule has 2 aromatic heterocycles. The Kier molecular flexibility index (Phi) is 7.23. The fourth-order valence-electron chi connectivity index (χ4n) is 4.07. The summed E-state index contributed by atoms with van der Waals surface area (Å²) in [6.07, 6.45) is -3.52. The van der Waals surface area contributed by atoms with E-state index in [1.807, 2.05) is 45.2 Å². The number of aromatic nitrogens is 4. The number of halogens is 3. The summed E-state index contributed by atoms with van der Waals surface area (Å²) in [6.45, 7) is 4.19. The van der Waals surface area contributed by atoms with Crippen molar-refractivity contribution in [2.75, 3.05) is 5.32 Å². The van der Waals surface area contributed by atoms with Crippen LogP contribution >= 0.6 is 0 Å². The molecule has 4 aromatic rings. The number of carbonyl (C=O) groups excluding carboxylic acids is 1. The van der Waals surface area contributed by atoms with Crippen molar-refractivity contribution in [3.05, 3.63) is 82.4 Å². The van der Waals surface area contributed by atoms with Crippen molar-refractivity contribution in [3.8, 4) is 0 Å². The lowest BCUT2D eigenvalue weighted by Gasteiger charge is -2.13. The van der Waals surface area contributed by atoms with Crippen LogP contribution in [-0.2, 0) is 37.5 Å². The molecule has 1 amide bonds. The number of carbonyl (C=O) groups is 1. The number of amides is 1. The van der Waals surface area contributed by atoms with Crippen LogP contribution in [0, 0.1) is 13.8 Å². The minimum absolute atomic E-state index is 0.132. The highest BCUT2D eigenvalue weighted by atomic mass is 19.4. The molecule has 10 heteroatoms. The van der Waals surface area contributed by atoms with Crippen LogP contribution < -0.4 is 10.6 Å². The lowest BCUT2D eigenvalue weighted by atomic mass is 10.1. The number of nitrogens with one attached hydrogen (secondary N) is 2. The number of para-hydroxylation sites is 1. The molecule has 36 heavy (non-hydrogen) atoms. The fraction of sp³-hybridized carbons (Fsp3) is 0.308. The first-order valence-electron chi connectivity index (χ1n) is 11.5. The normalized spacial score (nSPS) is 11.6. The van der Waals surface area contributed by atoms with Gasteiger partial charge in [-0.05, 0) is 55.7 Å². The predicted octanol–water partition coefficient (Wildman–Crippen LogP) is 4.86. The van der Waals surface area contributed by atoms with Gasteiger partial charge in [0.2, 0.25) is 5.91 Å². The molecule has 0 aliphatic rings. The lowest BCUT2D eigenvalue weighted by molar-refractivity contribution is -0.137. The van der Waals surface area contributed by atoms with E-state index in [4.69, 9.17) is 0 Å². The van der Waals surface area contributed by atoms with E-state index in [9.17, 15) is 18.0 Å². The molecular formula is C26H27F3N6O. The Balaban J connectivity index is 1.44. The molecule has 0 saturated heterocycles. The molecule has 188 valence electrons. The van der Waals surface area contributed by atoms with Crippen LogP contribution in [-0.4, -0.2) is 25.7 Å².